The number of nitrogens with two attached hydrogens (primary N) is 1. The molecule has 0 aliphatic carbocycles. The van der Waals surface area contributed by atoms with Gasteiger partial charge in [0.1, 0.15) is 17.3 Å². The van der Waals surface area contributed by atoms with Gasteiger partial charge in [-0.2, -0.15) is 0 Å². The first-order chi connectivity index (χ1) is 9.69. The second kappa shape index (κ2) is 6.55. The molecule has 0 aliphatic rings. The molecular formula is C16H24N4. The molecule has 0 spiro atoms. The van der Waals surface area contributed by atoms with Gasteiger partial charge in [-0.15, -0.1) is 0 Å². The van der Waals surface area contributed by atoms with E-state index in [1.54, 1.807) is 6.20 Å². The Morgan fingerprint density at radius 2 is 2.05 bits per heavy atom. The van der Waals surface area contributed by atoms with Gasteiger partial charge in [0, 0.05) is 30.9 Å². The fraction of sp³-hybridized carbons (Fsp3) is 0.500. The van der Waals surface area contributed by atoms with Gasteiger partial charge in [0.2, 0.25) is 0 Å². The highest BCUT2D eigenvalue weighted by atomic mass is 15.1. The predicted molar refractivity (Wildman–Crippen MR) is 83.5 cm³/mol. The van der Waals surface area contributed by atoms with Gasteiger partial charge in [0.15, 0.2) is 0 Å². The number of imidazole rings is 1. The summed E-state index contributed by atoms with van der Waals surface area (Å²) in [6.07, 6.45) is 7.98. The smallest absolute Gasteiger partial charge is 0.131 e. The lowest BCUT2D eigenvalue weighted by Gasteiger charge is -2.08. The molecule has 20 heavy (non-hydrogen) atoms. The van der Waals surface area contributed by atoms with Gasteiger partial charge in [-0.1, -0.05) is 20.3 Å². The number of aromatic nitrogens is 3. The molecule has 2 N–H and O–H groups in total. The summed E-state index contributed by atoms with van der Waals surface area (Å²) in [4.78, 5) is 8.99. The molecule has 108 valence electrons. The Kier molecular flexibility index (Phi) is 4.77. The van der Waals surface area contributed by atoms with Gasteiger partial charge in [0.25, 0.3) is 0 Å². The van der Waals surface area contributed by atoms with Crippen LogP contribution in [-0.4, -0.2) is 14.5 Å². The normalized spacial score (nSPS) is 10.9. The molecule has 2 aromatic heterocycles. The highest BCUT2D eigenvalue weighted by Crippen LogP contribution is 2.29. The van der Waals surface area contributed by atoms with Crippen LogP contribution in [0.4, 0.5) is 5.82 Å². The van der Waals surface area contributed by atoms with E-state index in [9.17, 15) is 0 Å². The van der Waals surface area contributed by atoms with Gasteiger partial charge in [0.05, 0.1) is 0 Å². The zero-order chi connectivity index (χ0) is 14.5. The molecule has 0 bridgehead atoms. The second-order valence-electron chi connectivity index (χ2n) is 5.21. The summed E-state index contributed by atoms with van der Waals surface area (Å²) in [6.45, 7) is 7.38. The molecule has 0 aliphatic heterocycles. The van der Waals surface area contributed by atoms with E-state index in [2.05, 4.69) is 30.3 Å². The third-order valence-corrected chi connectivity index (χ3v) is 3.59. The van der Waals surface area contributed by atoms with Crippen molar-refractivity contribution in [2.75, 3.05) is 5.73 Å². The number of rotatable bonds is 6. The Hall–Kier alpha value is -1.84. The summed E-state index contributed by atoms with van der Waals surface area (Å²) >= 11 is 0. The number of aryl methyl sites for hydroxylation is 2. The number of nitrogens with zero attached hydrogens (tertiary/aromatic N) is 3. The van der Waals surface area contributed by atoms with E-state index in [-0.39, 0.29) is 0 Å². The van der Waals surface area contributed by atoms with Crippen molar-refractivity contribution in [1.29, 1.82) is 0 Å². The van der Waals surface area contributed by atoms with E-state index in [4.69, 9.17) is 10.7 Å². The highest BCUT2D eigenvalue weighted by Gasteiger charge is 2.16. The molecule has 0 atom stereocenters. The number of pyridine rings is 1. The largest absolute Gasteiger partial charge is 0.383 e. The van der Waals surface area contributed by atoms with Crippen molar-refractivity contribution in [2.45, 2.75) is 53.0 Å². The van der Waals surface area contributed by atoms with E-state index in [0.717, 1.165) is 60.7 Å². The van der Waals surface area contributed by atoms with Crippen LogP contribution in [0, 0.1) is 6.92 Å². The van der Waals surface area contributed by atoms with Crippen molar-refractivity contribution in [1.82, 2.24) is 14.5 Å². The Morgan fingerprint density at radius 3 is 2.70 bits per heavy atom. The molecule has 0 fully saturated rings. The van der Waals surface area contributed by atoms with Crippen LogP contribution >= 0.6 is 0 Å². The van der Waals surface area contributed by atoms with Crippen molar-refractivity contribution in [3.05, 3.63) is 29.8 Å². The van der Waals surface area contributed by atoms with Crippen molar-refractivity contribution in [3.8, 4) is 11.3 Å². The van der Waals surface area contributed by atoms with Crippen molar-refractivity contribution in [3.63, 3.8) is 0 Å². The maximum atomic E-state index is 6.35. The van der Waals surface area contributed by atoms with E-state index in [0.29, 0.717) is 0 Å². The molecular weight excluding hydrogens is 248 g/mol. The first-order valence-corrected chi connectivity index (χ1v) is 7.44. The summed E-state index contributed by atoms with van der Waals surface area (Å²) in [5.41, 5.74) is 9.43. The highest BCUT2D eigenvalue weighted by molar-refractivity contribution is 5.72. The van der Waals surface area contributed by atoms with Crippen LogP contribution < -0.4 is 5.73 Å². The molecule has 0 aromatic carbocycles. The van der Waals surface area contributed by atoms with Crippen LogP contribution in [0.1, 0.15) is 44.5 Å². The molecule has 4 heteroatoms. The summed E-state index contributed by atoms with van der Waals surface area (Å²) in [6, 6.07) is 2.00. The van der Waals surface area contributed by atoms with Gasteiger partial charge in [-0.3, -0.25) is 4.98 Å². The minimum Gasteiger partial charge on any atom is -0.383 e. The predicted octanol–water partition coefficient (Wildman–Crippen LogP) is 3.59. The van der Waals surface area contributed by atoms with E-state index < -0.39 is 0 Å². The average molecular weight is 272 g/mol. The third-order valence-electron chi connectivity index (χ3n) is 3.59. The first-order valence-electron chi connectivity index (χ1n) is 7.44. The third kappa shape index (κ3) is 2.84. The van der Waals surface area contributed by atoms with E-state index in [1.165, 1.54) is 0 Å². The number of hydrogen-bond donors (Lipinski definition) is 1. The monoisotopic (exact) mass is 272 g/mol. The van der Waals surface area contributed by atoms with Crippen LogP contribution in [0.15, 0.2) is 18.5 Å². The molecule has 4 nitrogen and oxygen atoms in total. The Labute approximate surface area is 121 Å². The quantitative estimate of drug-likeness (QED) is 0.874. The summed E-state index contributed by atoms with van der Waals surface area (Å²) in [5.74, 6) is 1.87. The maximum Gasteiger partial charge on any atom is 0.131 e. The zero-order valence-electron chi connectivity index (χ0n) is 12.7. The minimum absolute atomic E-state index is 0.776. The number of unbranched alkanes of at least 4 members (excludes halogenated alkanes) is 1. The topological polar surface area (TPSA) is 56.7 Å². The standard InChI is InChI=1S/C16H24N4/c1-4-6-10-20-14(7-5-2)19-15(16(20)17)13-11-18-9-8-12(13)3/h8-9,11H,4-7,10,17H2,1-3H3. The first kappa shape index (κ1) is 14.6. The molecule has 0 unspecified atom stereocenters. The van der Waals surface area contributed by atoms with Crippen molar-refractivity contribution < 1.29 is 0 Å². The molecule has 0 saturated carbocycles. The minimum atomic E-state index is 0.776. The van der Waals surface area contributed by atoms with Crippen LogP contribution in [0.3, 0.4) is 0 Å². The van der Waals surface area contributed by atoms with Gasteiger partial charge < -0.3 is 10.3 Å². The Morgan fingerprint density at radius 1 is 1.25 bits per heavy atom. The Bertz CT molecular complexity index is 572. The van der Waals surface area contributed by atoms with E-state index >= 15 is 0 Å². The number of hydrogen-bond acceptors (Lipinski definition) is 3. The van der Waals surface area contributed by atoms with Crippen LogP contribution in [0.2, 0.25) is 0 Å². The molecule has 2 heterocycles. The average Bonchev–Trinajstić information content (AvgIpc) is 2.74. The zero-order valence-corrected chi connectivity index (χ0v) is 12.7. The molecule has 2 rings (SSSR count). The SMILES string of the molecule is CCCCn1c(CCC)nc(-c2cnccc2C)c1N. The van der Waals surface area contributed by atoms with E-state index in [1.807, 2.05) is 12.3 Å². The molecule has 0 amide bonds. The van der Waals surface area contributed by atoms with Crippen molar-refractivity contribution >= 4 is 5.82 Å². The van der Waals surface area contributed by atoms with Gasteiger partial charge in [-0.25, -0.2) is 4.98 Å². The maximum absolute atomic E-state index is 6.35. The number of anilines is 1. The Balaban J connectivity index is 2.46. The lowest BCUT2D eigenvalue weighted by molar-refractivity contribution is 0.604. The van der Waals surface area contributed by atoms with Gasteiger partial charge in [-0.05, 0) is 31.4 Å². The molecule has 2 aromatic rings. The van der Waals surface area contributed by atoms with Gasteiger partial charge >= 0.3 is 0 Å². The van der Waals surface area contributed by atoms with Crippen molar-refractivity contribution in [2.24, 2.45) is 0 Å². The lowest BCUT2D eigenvalue weighted by atomic mass is 10.1. The summed E-state index contributed by atoms with van der Waals surface area (Å²) in [5, 5.41) is 0. The van der Waals surface area contributed by atoms with Crippen LogP contribution in [-0.2, 0) is 13.0 Å². The van der Waals surface area contributed by atoms with Crippen LogP contribution in [0.5, 0.6) is 0 Å². The van der Waals surface area contributed by atoms with Crippen LogP contribution in [0.25, 0.3) is 11.3 Å². The lowest BCUT2D eigenvalue weighted by Crippen LogP contribution is -2.07. The molecule has 0 radical (unpaired) electrons. The summed E-state index contributed by atoms with van der Waals surface area (Å²) < 4.78 is 2.18. The number of nitrogen functional groups attached to an aromatic ring is 1. The molecule has 0 saturated heterocycles. The fourth-order valence-corrected chi connectivity index (χ4v) is 2.40. The fourth-order valence-electron chi connectivity index (χ4n) is 2.40. The summed E-state index contributed by atoms with van der Waals surface area (Å²) in [7, 11) is 0. The second-order valence-corrected chi connectivity index (χ2v) is 5.21.